The summed E-state index contributed by atoms with van der Waals surface area (Å²) in [6.07, 6.45) is 0. The van der Waals surface area contributed by atoms with Crippen molar-refractivity contribution in [2.45, 2.75) is 20.4 Å². The third kappa shape index (κ3) is 2.99. The van der Waals surface area contributed by atoms with Gasteiger partial charge in [-0.05, 0) is 19.9 Å². The van der Waals surface area contributed by atoms with Crippen molar-refractivity contribution in [2.75, 3.05) is 0 Å². The fourth-order valence-electron chi connectivity index (χ4n) is 1.73. The van der Waals surface area contributed by atoms with Gasteiger partial charge in [0.25, 0.3) is 5.91 Å². The zero-order chi connectivity index (χ0) is 15.6. The quantitative estimate of drug-likeness (QED) is 0.655. The van der Waals surface area contributed by atoms with Crippen molar-refractivity contribution < 1.29 is 19.2 Å². The molecule has 21 heavy (non-hydrogen) atoms. The van der Waals surface area contributed by atoms with Crippen LogP contribution in [0.4, 0.5) is 5.69 Å². The predicted octanol–water partition coefficient (Wildman–Crippen LogP) is 1.84. The van der Waals surface area contributed by atoms with Crippen LogP contribution in [0.15, 0.2) is 22.6 Å². The smallest absolute Gasteiger partial charge is 0.311 e. The van der Waals surface area contributed by atoms with Crippen LogP contribution >= 0.6 is 0 Å². The first-order valence-corrected chi connectivity index (χ1v) is 6.07. The van der Waals surface area contributed by atoms with Crippen LogP contribution in [0.25, 0.3) is 0 Å². The zero-order valence-corrected chi connectivity index (χ0v) is 11.4. The molecular weight excluding hydrogens is 278 g/mol. The van der Waals surface area contributed by atoms with Crippen molar-refractivity contribution in [1.29, 1.82) is 0 Å². The molecule has 0 spiro atoms. The SMILES string of the molecule is Cc1nc(CNC(=O)c2cccc([N+](=O)[O-])c2O)oc1C. The highest BCUT2D eigenvalue weighted by Crippen LogP contribution is 2.29. The Balaban J connectivity index is 2.14. The Morgan fingerprint density at radius 1 is 1.48 bits per heavy atom. The first-order chi connectivity index (χ1) is 9.90. The molecule has 8 nitrogen and oxygen atoms in total. The number of hydrogen-bond acceptors (Lipinski definition) is 6. The molecule has 8 heteroatoms. The van der Waals surface area contributed by atoms with Gasteiger partial charge in [0.05, 0.1) is 22.7 Å². The first kappa shape index (κ1) is 14.5. The molecule has 2 N–H and O–H groups in total. The number of aromatic hydroxyl groups is 1. The molecule has 1 aromatic heterocycles. The molecule has 1 aromatic carbocycles. The Morgan fingerprint density at radius 2 is 2.19 bits per heavy atom. The summed E-state index contributed by atoms with van der Waals surface area (Å²) in [5.74, 6) is -0.342. The zero-order valence-electron chi connectivity index (χ0n) is 11.4. The lowest BCUT2D eigenvalue weighted by Crippen LogP contribution is -2.23. The van der Waals surface area contributed by atoms with Gasteiger partial charge in [-0.1, -0.05) is 6.07 Å². The number of amides is 1. The topological polar surface area (TPSA) is 118 Å². The predicted molar refractivity (Wildman–Crippen MR) is 71.9 cm³/mol. The molecule has 0 saturated carbocycles. The summed E-state index contributed by atoms with van der Waals surface area (Å²) in [5.41, 5.74) is 0.0205. The van der Waals surface area contributed by atoms with Crippen LogP contribution in [-0.4, -0.2) is 20.9 Å². The molecular formula is C13H13N3O5. The Bertz CT molecular complexity index is 688. The van der Waals surface area contributed by atoms with E-state index in [1.807, 2.05) is 0 Å². The number of nitrogens with one attached hydrogen (secondary N) is 1. The molecule has 1 heterocycles. The summed E-state index contributed by atoms with van der Waals surface area (Å²) in [6.45, 7) is 3.55. The molecule has 0 atom stereocenters. The number of phenols is 1. The van der Waals surface area contributed by atoms with E-state index in [-0.39, 0.29) is 12.1 Å². The maximum Gasteiger partial charge on any atom is 0.311 e. The van der Waals surface area contributed by atoms with Crippen molar-refractivity contribution in [3.8, 4) is 5.75 Å². The highest BCUT2D eigenvalue weighted by molar-refractivity contribution is 5.97. The average Bonchev–Trinajstić information content (AvgIpc) is 2.75. The fraction of sp³-hybridized carbons (Fsp3) is 0.231. The van der Waals surface area contributed by atoms with Crippen LogP contribution in [0.3, 0.4) is 0 Å². The summed E-state index contributed by atoms with van der Waals surface area (Å²) >= 11 is 0. The number of phenolic OH excluding ortho intramolecular Hbond substituents is 1. The normalized spacial score (nSPS) is 10.4. The minimum atomic E-state index is -0.757. The fourth-order valence-corrected chi connectivity index (χ4v) is 1.73. The van der Waals surface area contributed by atoms with E-state index in [0.29, 0.717) is 11.7 Å². The van der Waals surface area contributed by atoms with E-state index in [1.165, 1.54) is 12.1 Å². The molecule has 0 aliphatic heterocycles. The monoisotopic (exact) mass is 291 g/mol. The van der Waals surface area contributed by atoms with Crippen molar-refractivity contribution in [2.24, 2.45) is 0 Å². The highest BCUT2D eigenvalue weighted by atomic mass is 16.6. The molecule has 1 amide bonds. The molecule has 110 valence electrons. The number of benzene rings is 1. The van der Waals surface area contributed by atoms with Gasteiger partial charge in [-0.3, -0.25) is 14.9 Å². The highest BCUT2D eigenvalue weighted by Gasteiger charge is 2.21. The third-order valence-corrected chi connectivity index (χ3v) is 2.93. The molecule has 0 aliphatic rings. The van der Waals surface area contributed by atoms with Crippen LogP contribution in [0.5, 0.6) is 5.75 Å². The second-order valence-electron chi connectivity index (χ2n) is 4.36. The van der Waals surface area contributed by atoms with Crippen molar-refractivity contribution in [1.82, 2.24) is 10.3 Å². The summed E-state index contributed by atoms with van der Waals surface area (Å²) in [7, 11) is 0. The maximum absolute atomic E-state index is 11.9. The van der Waals surface area contributed by atoms with E-state index in [0.717, 1.165) is 11.8 Å². The molecule has 0 aliphatic carbocycles. The Kier molecular flexibility index (Phi) is 3.88. The average molecular weight is 291 g/mol. The molecule has 0 radical (unpaired) electrons. The number of nitro groups is 1. The largest absolute Gasteiger partial charge is 0.502 e. The van der Waals surface area contributed by atoms with Crippen LogP contribution in [0.2, 0.25) is 0 Å². The number of oxazole rings is 1. The lowest BCUT2D eigenvalue weighted by molar-refractivity contribution is -0.385. The van der Waals surface area contributed by atoms with Gasteiger partial charge >= 0.3 is 5.69 Å². The molecule has 2 rings (SSSR count). The molecule has 2 aromatic rings. The maximum atomic E-state index is 11.9. The summed E-state index contributed by atoms with van der Waals surface area (Å²) in [6, 6.07) is 3.74. The van der Waals surface area contributed by atoms with Crippen LogP contribution in [0, 0.1) is 24.0 Å². The van der Waals surface area contributed by atoms with Crippen LogP contribution in [-0.2, 0) is 6.54 Å². The molecule has 0 unspecified atom stereocenters. The van der Waals surface area contributed by atoms with E-state index in [1.54, 1.807) is 13.8 Å². The first-order valence-electron chi connectivity index (χ1n) is 6.07. The van der Waals surface area contributed by atoms with Gasteiger partial charge in [0.15, 0.2) is 0 Å². The second kappa shape index (κ2) is 5.61. The molecule has 0 fully saturated rings. The van der Waals surface area contributed by atoms with Gasteiger partial charge in [-0.25, -0.2) is 4.98 Å². The minimum absolute atomic E-state index is 0.0235. The van der Waals surface area contributed by atoms with Crippen molar-refractivity contribution in [3.63, 3.8) is 0 Å². The number of carbonyl (C=O) groups is 1. The van der Waals surface area contributed by atoms with E-state index in [2.05, 4.69) is 10.3 Å². The molecule has 0 saturated heterocycles. The number of aromatic nitrogens is 1. The van der Waals surface area contributed by atoms with Crippen molar-refractivity contribution >= 4 is 11.6 Å². The van der Waals surface area contributed by atoms with Crippen LogP contribution < -0.4 is 5.32 Å². The number of para-hydroxylation sites is 1. The van der Waals surface area contributed by atoms with Crippen LogP contribution in [0.1, 0.15) is 27.7 Å². The van der Waals surface area contributed by atoms with E-state index in [4.69, 9.17) is 4.42 Å². The van der Waals surface area contributed by atoms with Crippen molar-refractivity contribution in [3.05, 3.63) is 51.2 Å². The number of nitro benzene ring substituents is 1. The van der Waals surface area contributed by atoms with Gasteiger partial charge < -0.3 is 14.8 Å². The Hall–Kier alpha value is -2.90. The van der Waals surface area contributed by atoms with Gasteiger partial charge in [0, 0.05) is 6.07 Å². The number of nitrogens with zero attached hydrogens (tertiary/aromatic N) is 2. The standard InChI is InChI=1S/C13H13N3O5/c1-7-8(2)21-11(15-7)6-14-13(18)9-4-3-5-10(12(9)17)16(19)20/h3-5,17H,6H2,1-2H3,(H,14,18). The van der Waals surface area contributed by atoms with Gasteiger partial charge in [-0.15, -0.1) is 0 Å². The van der Waals surface area contributed by atoms with E-state index in [9.17, 15) is 20.0 Å². The summed E-state index contributed by atoms with van der Waals surface area (Å²) in [5, 5.41) is 22.9. The molecule has 0 bridgehead atoms. The van der Waals surface area contributed by atoms with Gasteiger partial charge in [-0.2, -0.15) is 0 Å². The van der Waals surface area contributed by atoms with E-state index >= 15 is 0 Å². The Labute approximate surface area is 119 Å². The van der Waals surface area contributed by atoms with Gasteiger partial charge in [0.2, 0.25) is 11.6 Å². The second-order valence-corrected chi connectivity index (χ2v) is 4.36. The van der Waals surface area contributed by atoms with Gasteiger partial charge in [0.1, 0.15) is 5.76 Å². The summed E-state index contributed by atoms with van der Waals surface area (Å²) in [4.78, 5) is 26.0. The lowest BCUT2D eigenvalue weighted by atomic mass is 10.1. The minimum Gasteiger partial charge on any atom is -0.502 e. The lowest BCUT2D eigenvalue weighted by Gasteiger charge is -2.05. The number of hydrogen-bond donors (Lipinski definition) is 2. The third-order valence-electron chi connectivity index (χ3n) is 2.93. The van der Waals surface area contributed by atoms with E-state index < -0.39 is 22.3 Å². The number of rotatable bonds is 4. The number of carbonyl (C=O) groups excluding carboxylic acids is 1. The number of aryl methyl sites for hydroxylation is 2. The summed E-state index contributed by atoms with van der Waals surface area (Å²) < 4.78 is 5.30. The Morgan fingerprint density at radius 3 is 2.76 bits per heavy atom.